The Labute approximate surface area is 195 Å². The molecule has 0 aliphatic carbocycles. The fourth-order valence-electron chi connectivity index (χ4n) is 4.82. The molecule has 34 heavy (non-hydrogen) atoms. The van der Waals surface area contributed by atoms with Gasteiger partial charge in [0.15, 0.2) is 0 Å². The Balaban J connectivity index is 1.55. The van der Waals surface area contributed by atoms with Crippen molar-refractivity contribution < 1.29 is 28.0 Å². The minimum absolute atomic E-state index is 0.00471. The Hall–Kier alpha value is -3.28. The summed E-state index contributed by atoms with van der Waals surface area (Å²) in [6, 6.07) is 1.77. The highest BCUT2D eigenvalue weighted by molar-refractivity contribution is 6.79. The zero-order valence-electron chi connectivity index (χ0n) is 18.9. The van der Waals surface area contributed by atoms with Crippen LogP contribution in [-0.4, -0.2) is 66.4 Å². The summed E-state index contributed by atoms with van der Waals surface area (Å²) in [6.07, 6.45) is 1.01. The normalized spacial score (nSPS) is 22.6. The number of halogens is 2. The molecule has 1 aromatic carbocycles. The number of carbonyl (C=O) groups excluding carboxylic acids is 4. The van der Waals surface area contributed by atoms with Crippen molar-refractivity contribution in [3.05, 3.63) is 35.5 Å². The van der Waals surface area contributed by atoms with Gasteiger partial charge in [-0.3, -0.25) is 19.2 Å². The first-order valence-corrected chi connectivity index (χ1v) is 14.5. The Bertz CT molecular complexity index is 1180. The molecule has 3 heterocycles. The second kappa shape index (κ2) is 8.82. The SMILES string of the molecule is C[Si]1(C)C[C@@H](C(=O)N[C@@H](C[C@@H]2CCNC2=O)C(N)=O)N(C(=O)c2cc3cc(F)cc(F)c3[nH]2)C1. The molecule has 2 aliphatic rings. The first-order valence-electron chi connectivity index (χ1n) is 11.1. The molecule has 12 heteroatoms. The summed E-state index contributed by atoms with van der Waals surface area (Å²) < 4.78 is 27.7. The number of aromatic nitrogens is 1. The van der Waals surface area contributed by atoms with Crippen LogP contribution in [0.5, 0.6) is 0 Å². The maximum absolute atomic E-state index is 14.1. The zero-order valence-corrected chi connectivity index (χ0v) is 19.9. The van der Waals surface area contributed by atoms with Crippen LogP contribution in [0.1, 0.15) is 23.3 Å². The van der Waals surface area contributed by atoms with E-state index >= 15 is 0 Å². The van der Waals surface area contributed by atoms with Crippen molar-refractivity contribution in [1.29, 1.82) is 0 Å². The van der Waals surface area contributed by atoms with Crippen molar-refractivity contribution in [2.45, 2.75) is 44.1 Å². The van der Waals surface area contributed by atoms with Gasteiger partial charge in [-0.15, -0.1) is 0 Å². The molecule has 0 saturated carbocycles. The topological polar surface area (TPSA) is 137 Å². The lowest BCUT2D eigenvalue weighted by atomic mass is 9.97. The number of nitrogens with zero attached hydrogens (tertiary/aromatic N) is 1. The molecule has 4 rings (SSSR count). The molecule has 0 unspecified atom stereocenters. The fraction of sp³-hybridized carbons (Fsp3) is 0.455. The van der Waals surface area contributed by atoms with Crippen LogP contribution in [0.15, 0.2) is 18.2 Å². The minimum atomic E-state index is -1.99. The zero-order chi connectivity index (χ0) is 24.8. The highest BCUT2D eigenvalue weighted by Crippen LogP contribution is 2.30. The Kier molecular flexibility index (Phi) is 6.19. The van der Waals surface area contributed by atoms with Crippen molar-refractivity contribution >= 4 is 42.6 Å². The van der Waals surface area contributed by atoms with E-state index in [1.807, 2.05) is 13.1 Å². The average molecular weight is 492 g/mol. The number of nitrogens with two attached hydrogens (primary N) is 1. The van der Waals surface area contributed by atoms with Crippen LogP contribution < -0.4 is 16.4 Å². The van der Waals surface area contributed by atoms with Crippen molar-refractivity contribution in [3.8, 4) is 0 Å². The Morgan fingerprint density at radius 3 is 2.65 bits per heavy atom. The van der Waals surface area contributed by atoms with Gasteiger partial charge in [-0.25, -0.2) is 8.78 Å². The largest absolute Gasteiger partial charge is 0.368 e. The quantitative estimate of drug-likeness (QED) is 0.448. The van der Waals surface area contributed by atoms with E-state index in [0.29, 0.717) is 25.2 Å². The summed E-state index contributed by atoms with van der Waals surface area (Å²) in [5, 5.41) is 5.53. The first-order chi connectivity index (χ1) is 15.9. The highest BCUT2D eigenvalue weighted by Gasteiger charge is 2.46. The lowest BCUT2D eigenvalue weighted by molar-refractivity contribution is -0.130. The third kappa shape index (κ3) is 4.67. The molecule has 2 aliphatic heterocycles. The van der Waals surface area contributed by atoms with E-state index < -0.39 is 55.4 Å². The van der Waals surface area contributed by atoms with E-state index in [1.54, 1.807) is 0 Å². The number of rotatable bonds is 6. The van der Waals surface area contributed by atoms with Crippen LogP contribution in [0.2, 0.25) is 19.1 Å². The second-order valence-corrected chi connectivity index (χ2v) is 14.9. The molecular formula is C22H27F2N5O4Si. The van der Waals surface area contributed by atoms with E-state index in [2.05, 4.69) is 15.6 Å². The third-order valence-electron chi connectivity index (χ3n) is 6.50. The summed E-state index contributed by atoms with van der Waals surface area (Å²) in [5.41, 5.74) is 5.53. The molecule has 182 valence electrons. The number of hydrogen-bond donors (Lipinski definition) is 4. The number of benzene rings is 1. The van der Waals surface area contributed by atoms with E-state index in [4.69, 9.17) is 5.73 Å². The number of H-pyrrole nitrogens is 1. The van der Waals surface area contributed by atoms with Crippen molar-refractivity contribution in [3.63, 3.8) is 0 Å². The van der Waals surface area contributed by atoms with E-state index in [1.165, 1.54) is 11.0 Å². The van der Waals surface area contributed by atoms with Crippen molar-refractivity contribution in [1.82, 2.24) is 20.5 Å². The van der Waals surface area contributed by atoms with Crippen LogP contribution in [0, 0.1) is 17.6 Å². The maximum atomic E-state index is 14.1. The summed E-state index contributed by atoms with van der Waals surface area (Å²) in [4.78, 5) is 54.6. The van der Waals surface area contributed by atoms with Gasteiger partial charge in [0.1, 0.15) is 29.4 Å². The molecular weight excluding hydrogens is 464 g/mol. The second-order valence-electron chi connectivity index (χ2n) is 9.83. The predicted molar refractivity (Wildman–Crippen MR) is 122 cm³/mol. The molecule has 2 saturated heterocycles. The average Bonchev–Trinajstić information content (AvgIpc) is 3.43. The number of amides is 4. The van der Waals surface area contributed by atoms with Crippen molar-refractivity contribution in [2.24, 2.45) is 11.7 Å². The van der Waals surface area contributed by atoms with Crippen LogP contribution >= 0.6 is 0 Å². The van der Waals surface area contributed by atoms with Gasteiger partial charge in [0, 0.05) is 30.1 Å². The number of nitrogens with one attached hydrogen (secondary N) is 3. The molecule has 5 N–H and O–H groups in total. The number of primary amides is 1. The highest BCUT2D eigenvalue weighted by atomic mass is 28.3. The van der Waals surface area contributed by atoms with Gasteiger partial charge in [-0.2, -0.15) is 0 Å². The third-order valence-corrected chi connectivity index (χ3v) is 9.19. The Morgan fingerprint density at radius 1 is 1.26 bits per heavy atom. The van der Waals surface area contributed by atoms with E-state index in [9.17, 15) is 28.0 Å². The molecule has 0 bridgehead atoms. The molecule has 2 aromatic rings. The molecule has 0 spiro atoms. The van der Waals surface area contributed by atoms with Gasteiger partial charge in [0.25, 0.3) is 5.91 Å². The predicted octanol–water partition coefficient (Wildman–Crippen LogP) is 1.01. The minimum Gasteiger partial charge on any atom is -0.368 e. The summed E-state index contributed by atoms with van der Waals surface area (Å²) >= 11 is 0. The van der Waals surface area contributed by atoms with Gasteiger partial charge < -0.3 is 26.3 Å². The number of fused-ring (bicyclic) bond motifs is 1. The van der Waals surface area contributed by atoms with Crippen LogP contribution in [0.25, 0.3) is 10.9 Å². The maximum Gasteiger partial charge on any atom is 0.270 e. The molecule has 2 fully saturated rings. The van der Waals surface area contributed by atoms with E-state index in [0.717, 1.165) is 12.1 Å². The molecule has 3 atom stereocenters. The lowest BCUT2D eigenvalue weighted by Crippen LogP contribution is -2.52. The van der Waals surface area contributed by atoms with Crippen molar-refractivity contribution in [2.75, 3.05) is 12.7 Å². The summed E-state index contributed by atoms with van der Waals surface area (Å²) in [7, 11) is -1.99. The number of aromatic amines is 1. The van der Waals surface area contributed by atoms with Gasteiger partial charge in [-0.05, 0) is 31.0 Å². The lowest BCUT2D eigenvalue weighted by Gasteiger charge is -2.26. The van der Waals surface area contributed by atoms with Crippen LogP contribution in [-0.2, 0) is 14.4 Å². The fourth-order valence-corrected chi connectivity index (χ4v) is 7.69. The Morgan fingerprint density at radius 2 is 2.00 bits per heavy atom. The van der Waals surface area contributed by atoms with E-state index in [-0.39, 0.29) is 28.9 Å². The standard InChI is InChI=1S/C22H27F2N5O4Si/c1-34(2)9-17(21(32)28-15(19(25)30)6-11-3-4-26-20(11)31)29(10-34)22(33)16-7-12-5-13(23)8-14(24)18(12)27-16/h5,7-8,11,15,17,27H,3-4,6,9-10H2,1-2H3,(H2,25,30)(H,26,31)(H,28,32)/t11-,15-,17-/m0/s1. The van der Waals surface area contributed by atoms with Gasteiger partial charge >= 0.3 is 0 Å². The summed E-state index contributed by atoms with van der Waals surface area (Å²) in [5.74, 6) is -3.99. The van der Waals surface area contributed by atoms with Crippen LogP contribution in [0.3, 0.4) is 0 Å². The molecule has 0 radical (unpaired) electrons. The molecule has 1 aromatic heterocycles. The van der Waals surface area contributed by atoms with Crippen LogP contribution in [0.4, 0.5) is 8.78 Å². The smallest absolute Gasteiger partial charge is 0.270 e. The van der Waals surface area contributed by atoms with Gasteiger partial charge in [0.05, 0.1) is 13.6 Å². The number of carbonyl (C=O) groups is 4. The number of hydrogen-bond acceptors (Lipinski definition) is 4. The van der Waals surface area contributed by atoms with Gasteiger partial charge in [-0.1, -0.05) is 13.1 Å². The summed E-state index contributed by atoms with van der Waals surface area (Å²) in [6.45, 7) is 4.58. The molecule has 4 amide bonds. The first kappa shape index (κ1) is 23.9. The molecule has 9 nitrogen and oxygen atoms in total. The monoisotopic (exact) mass is 491 g/mol. The van der Waals surface area contributed by atoms with Gasteiger partial charge in [0.2, 0.25) is 17.7 Å².